The summed E-state index contributed by atoms with van der Waals surface area (Å²) in [5.74, 6) is 1.29. The first-order valence-corrected chi connectivity index (χ1v) is 12.2. The number of aryl methyl sites for hydroxylation is 2. The molecule has 3 aromatic rings. The third kappa shape index (κ3) is 4.50. The van der Waals surface area contributed by atoms with E-state index in [0.29, 0.717) is 42.7 Å². The van der Waals surface area contributed by atoms with Gasteiger partial charge in [0, 0.05) is 23.2 Å². The van der Waals surface area contributed by atoms with Crippen LogP contribution in [0.5, 0.6) is 11.5 Å². The van der Waals surface area contributed by atoms with E-state index in [-0.39, 0.29) is 18.4 Å². The standard InChI is InChI=1S/C26H26N2O4S/c1-2-28(15-24(29)27-19-9-10-21-22(14-19)32-13-12-31-21)25(30)16-33-23-11-8-18-7-6-17-4-3-5-20(23)26(17)18/h3-5,8-11,14H,2,6-7,12-13,15-16H2,1H3,(H,27,29). The average molecular weight is 463 g/mol. The fourth-order valence-corrected chi connectivity index (χ4v) is 5.40. The second-order valence-electron chi connectivity index (χ2n) is 8.17. The summed E-state index contributed by atoms with van der Waals surface area (Å²) in [6.07, 6.45) is 2.17. The fraction of sp³-hybridized carbons (Fsp3) is 0.308. The van der Waals surface area contributed by atoms with Crippen LogP contribution < -0.4 is 14.8 Å². The van der Waals surface area contributed by atoms with Crippen molar-refractivity contribution in [2.75, 3.05) is 37.4 Å². The Labute approximate surface area is 197 Å². The summed E-state index contributed by atoms with van der Waals surface area (Å²) in [4.78, 5) is 28.2. The first-order chi connectivity index (χ1) is 16.1. The minimum Gasteiger partial charge on any atom is -0.486 e. The van der Waals surface area contributed by atoms with Crippen molar-refractivity contribution in [2.45, 2.75) is 24.7 Å². The number of benzene rings is 3. The summed E-state index contributed by atoms with van der Waals surface area (Å²) in [5, 5.41) is 5.42. The molecule has 0 saturated heterocycles. The van der Waals surface area contributed by atoms with Gasteiger partial charge in [-0.05, 0) is 59.9 Å². The molecule has 170 valence electrons. The molecule has 2 aliphatic rings. The Hall–Kier alpha value is -3.19. The van der Waals surface area contributed by atoms with E-state index in [1.165, 1.54) is 21.9 Å². The Morgan fingerprint density at radius 3 is 2.61 bits per heavy atom. The molecule has 1 N–H and O–H groups in total. The molecular weight excluding hydrogens is 436 g/mol. The van der Waals surface area contributed by atoms with E-state index in [0.717, 1.165) is 17.7 Å². The maximum absolute atomic E-state index is 12.9. The molecule has 0 unspecified atom stereocenters. The number of fused-ring (bicyclic) bond motifs is 1. The van der Waals surface area contributed by atoms with E-state index in [4.69, 9.17) is 9.47 Å². The van der Waals surface area contributed by atoms with Crippen LogP contribution in [0.4, 0.5) is 5.69 Å². The smallest absolute Gasteiger partial charge is 0.243 e. The van der Waals surface area contributed by atoms with Crippen molar-refractivity contribution in [2.24, 2.45) is 0 Å². The number of nitrogens with one attached hydrogen (secondary N) is 1. The van der Waals surface area contributed by atoms with E-state index in [1.807, 2.05) is 6.92 Å². The van der Waals surface area contributed by atoms with Crippen molar-refractivity contribution in [1.29, 1.82) is 0 Å². The van der Waals surface area contributed by atoms with Crippen molar-refractivity contribution in [1.82, 2.24) is 4.90 Å². The Bertz CT molecular complexity index is 1220. The second-order valence-corrected chi connectivity index (χ2v) is 9.18. The van der Waals surface area contributed by atoms with Gasteiger partial charge in [0.05, 0.1) is 12.3 Å². The summed E-state index contributed by atoms with van der Waals surface area (Å²) in [5.41, 5.74) is 3.40. The summed E-state index contributed by atoms with van der Waals surface area (Å²) in [6, 6.07) is 16.0. The van der Waals surface area contributed by atoms with E-state index in [2.05, 4.69) is 35.6 Å². The third-order valence-corrected chi connectivity index (χ3v) is 7.14. The quantitative estimate of drug-likeness (QED) is 0.531. The van der Waals surface area contributed by atoms with Crippen LogP contribution in [0.25, 0.3) is 10.8 Å². The highest BCUT2D eigenvalue weighted by molar-refractivity contribution is 8.00. The number of hydrogen-bond donors (Lipinski definition) is 1. The molecule has 0 saturated carbocycles. The molecule has 0 spiro atoms. The monoisotopic (exact) mass is 462 g/mol. The fourth-order valence-electron chi connectivity index (χ4n) is 4.45. The Balaban J connectivity index is 1.21. The maximum atomic E-state index is 12.9. The number of anilines is 1. The molecule has 0 aromatic heterocycles. The van der Waals surface area contributed by atoms with Crippen molar-refractivity contribution >= 4 is 40.0 Å². The van der Waals surface area contributed by atoms with Crippen LogP contribution in [0.1, 0.15) is 18.1 Å². The van der Waals surface area contributed by atoms with E-state index >= 15 is 0 Å². The van der Waals surface area contributed by atoms with Gasteiger partial charge < -0.3 is 19.7 Å². The van der Waals surface area contributed by atoms with Crippen LogP contribution in [0.2, 0.25) is 0 Å². The van der Waals surface area contributed by atoms with Gasteiger partial charge in [-0.1, -0.05) is 24.3 Å². The molecule has 5 rings (SSSR count). The van der Waals surface area contributed by atoms with Crippen LogP contribution in [-0.4, -0.2) is 48.8 Å². The normalized spacial score (nSPS) is 13.7. The average Bonchev–Trinajstić information content (AvgIpc) is 3.26. The summed E-state index contributed by atoms with van der Waals surface area (Å²) in [7, 11) is 0. The van der Waals surface area contributed by atoms with E-state index in [9.17, 15) is 9.59 Å². The first kappa shape index (κ1) is 21.6. The molecule has 0 fully saturated rings. The molecule has 0 atom stereocenters. The molecule has 1 aliphatic heterocycles. The predicted octanol–water partition coefficient (Wildman–Crippen LogP) is 4.29. The van der Waals surface area contributed by atoms with Gasteiger partial charge >= 0.3 is 0 Å². The summed E-state index contributed by atoms with van der Waals surface area (Å²) < 4.78 is 11.1. The summed E-state index contributed by atoms with van der Waals surface area (Å²) in [6.45, 7) is 3.37. The largest absolute Gasteiger partial charge is 0.486 e. The maximum Gasteiger partial charge on any atom is 0.243 e. The molecule has 3 aromatic carbocycles. The lowest BCUT2D eigenvalue weighted by Gasteiger charge is -2.21. The number of hydrogen-bond acceptors (Lipinski definition) is 5. The third-order valence-electron chi connectivity index (χ3n) is 6.08. The Morgan fingerprint density at radius 2 is 1.79 bits per heavy atom. The van der Waals surface area contributed by atoms with E-state index < -0.39 is 0 Å². The van der Waals surface area contributed by atoms with Gasteiger partial charge in [-0.15, -0.1) is 11.8 Å². The zero-order valence-electron chi connectivity index (χ0n) is 18.6. The molecule has 0 bridgehead atoms. The zero-order chi connectivity index (χ0) is 22.8. The highest BCUT2D eigenvalue weighted by Crippen LogP contribution is 2.37. The number of carbonyl (C=O) groups excluding carboxylic acids is 2. The molecule has 1 aliphatic carbocycles. The van der Waals surface area contributed by atoms with Gasteiger partial charge in [0.25, 0.3) is 0 Å². The van der Waals surface area contributed by atoms with Gasteiger partial charge in [0.15, 0.2) is 11.5 Å². The highest BCUT2D eigenvalue weighted by Gasteiger charge is 2.20. The van der Waals surface area contributed by atoms with Crippen LogP contribution in [0, 0.1) is 0 Å². The van der Waals surface area contributed by atoms with Gasteiger partial charge in [-0.25, -0.2) is 0 Å². The SMILES string of the molecule is CCN(CC(=O)Nc1ccc2c(c1)OCCO2)C(=O)CSc1ccc2c3c(cccc13)CC2. The number of thioether (sulfide) groups is 1. The lowest BCUT2D eigenvalue weighted by atomic mass is 10.1. The molecular formula is C26H26N2O4S. The first-order valence-electron chi connectivity index (χ1n) is 11.3. The minimum absolute atomic E-state index is 0.00810. The van der Waals surface area contributed by atoms with Crippen LogP contribution in [0.3, 0.4) is 0 Å². The highest BCUT2D eigenvalue weighted by atomic mass is 32.2. The number of carbonyl (C=O) groups is 2. The molecule has 0 radical (unpaired) electrons. The van der Waals surface area contributed by atoms with Gasteiger partial charge in [-0.2, -0.15) is 0 Å². The van der Waals surface area contributed by atoms with Gasteiger partial charge in [0.1, 0.15) is 13.2 Å². The number of amides is 2. The van der Waals surface area contributed by atoms with Crippen LogP contribution in [0.15, 0.2) is 53.4 Å². The van der Waals surface area contributed by atoms with Crippen LogP contribution in [-0.2, 0) is 22.4 Å². The molecule has 6 nitrogen and oxygen atoms in total. The van der Waals surface area contributed by atoms with Crippen molar-refractivity contribution in [3.63, 3.8) is 0 Å². The molecule has 2 amide bonds. The lowest BCUT2D eigenvalue weighted by Crippen LogP contribution is -2.38. The molecule has 7 heteroatoms. The van der Waals surface area contributed by atoms with Crippen LogP contribution >= 0.6 is 11.8 Å². The zero-order valence-corrected chi connectivity index (χ0v) is 19.4. The number of rotatable bonds is 7. The number of ether oxygens (including phenoxy) is 2. The number of likely N-dealkylation sites (N-methyl/N-ethyl adjacent to an activating group) is 1. The van der Waals surface area contributed by atoms with Crippen molar-refractivity contribution in [3.05, 3.63) is 59.7 Å². The minimum atomic E-state index is -0.239. The number of nitrogens with zero attached hydrogens (tertiary/aromatic N) is 1. The van der Waals surface area contributed by atoms with Crippen molar-refractivity contribution < 1.29 is 19.1 Å². The second kappa shape index (κ2) is 9.35. The van der Waals surface area contributed by atoms with E-state index in [1.54, 1.807) is 34.9 Å². The Kier molecular flexibility index (Phi) is 6.13. The molecule has 1 heterocycles. The van der Waals surface area contributed by atoms with Gasteiger partial charge in [0.2, 0.25) is 11.8 Å². The molecule has 33 heavy (non-hydrogen) atoms. The lowest BCUT2D eigenvalue weighted by molar-refractivity contribution is -0.132. The van der Waals surface area contributed by atoms with Gasteiger partial charge in [-0.3, -0.25) is 9.59 Å². The van der Waals surface area contributed by atoms with Crippen molar-refractivity contribution in [3.8, 4) is 11.5 Å². The Morgan fingerprint density at radius 1 is 1.00 bits per heavy atom. The topological polar surface area (TPSA) is 67.9 Å². The summed E-state index contributed by atoms with van der Waals surface area (Å²) >= 11 is 1.54. The predicted molar refractivity (Wildman–Crippen MR) is 130 cm³/mol.